The Morgan fingerprint density at radius 2 is 1.73 bits per heavy atom. The van der Waals surface area contributed by atoms with Gasteiger partial charge in [0.05, 0.1) is 6.54 Å². The van der Waals surface area contributed by atoms with Crippen LogP contribution in [-0.2, 0) is 13.0 Å². The topological polar surface area (TPSA) is 71.2 Å². The second-order valence-corrected chi connectivity index (χ2v) is 5.65. The third-order valence-electron chi connectivity index (χ3n) is 3.71. The molecule has 1 heterocycles. The molecule has 1 aromatic heterocycles. The van der Waals surface area contributed by atoms with E-state index in [1.54, 1.807) is 6.07 Å². The minimum absolute atomic E-state index is 0.0450. The van der Waals surface area contributed by atoms with Crippen molar-refractivity contribution in [3.05, 3.63) is 77.4 Å². The molecule has 0 amide bonds. The van der Waals surface area contributed by atoms with E-state index in [-0.39, 0.29) is 23.7 Å². The van der Waals surface area contributed by atoms with Gasteiger partial charge in [-0.1, -0.05) is 53.7 Å². The molecule has 0 fully saturated rings. The van der Waals surface area contributed by atoms with E-state index in [1.165, 1.54) is 18.2 Å². The highest BCUT2D eigenvalue weighted by Gasteiger charge is 2.40. The van der Waals surface area contributed by atoms with Gasteiger partial charge >= 0.3 is 6.18 Å². The van der Waals surface area contributed by atoms with E-state index >= 15 is 0 Å². The van der Waals surface area contributed by atoms with E-state index in [0.717, 1.165) is 5.56 Å². The van der Waals surface area contributed by atoms with Crippen molar-refractivity contribution in [2.24, 2.45) is 0 Å². The molecular weight excluding hydrogens is 347 g/mol. The predicted octanol–water partition coefficient (Wildman–Crippen LogP) is 3.87. The smallest absolute Gasteiger partial charge is 0.379 e. The first-order valence-electron chi connectivity index (χ1n) is 7.86. The molecule has 3 rings (SSSR count). The highest BCUT2D eigenvalue weighted by Crippen LogP contribution is 2.36. The molecule has 0 radical (unpaired) electrons. The van der Waals surface area contributed by atoms with Gasteiger partial charge in [0, 0.05) is 17.7 Å². The summed E-state index contributed by atoms with van der Waals surface area (Å²) >= 11 is 0. The lowest BCUT2D eigenvalue weighted by Crippen LogP contribution is -2.21. The maximum absolute atomic E-state index is 12.8. The first-order chi connectivity index (χ1) is 12.4. The van der Waals surface area contributed by atoms with Crippen molar-refractivity contribution in [1.82, 2.24) is 10.1 Å². The summed E-state index contributed by atoms with van der Waals surface area (Å²) in [5, 5.41) is 16.2. The fraction of sp³-hybridized carbons (Fsp3) is 0.222. The van der Waals surface area contributed by atoms with Crippen LogP contribution in [0, 0.1) is 0 Å². The van der Waals surface area contributed by atoms with E-state index in [0.29, 0.717) is 12.2 Å². The SMILES string of the molecule is O[C@H](c1ccccc1NCc1nc(Cc2ccccc2)no1)C(F)(F)F. The fourth-order valence-electron chi connectivity index (χ4n) is 2.46. The van der Waals surface area contributed by atoms with Crippen LogP contribution in [0.1, 0.15) is 28.9 Å². The molecule has 0 aliphatic heterocycles. The van der Waals surface area contributed by atoms with Crippen molar-refractivity contribution in [2.75, 3.05) is 5.32 Å². The van der Waals surface area contributed by atoms with Crippen LogP contribution in [0.25, 0.3) is 0 Å². The monoisotopic (exact) mass is 363 g/mol. The van der Waals surface area contributed by atoms with Gasteiger partial charge < -0.3 is 14.9 Å². The molecule has 0 bridgehead atoms. The minimum atomic E-state index is -4.74. The van der Waals surface area contributed by atoms with Crippen LogP contribution in [-0.4, -0.2) is 21.4 Å². The molecule has 0 aliphatic rings. The first kappa shape index (κ1) is 17.9. The molecule has 3 aromatic rings. The third-order valence-corrected chi connectivity index (χ3v) is 3.71. The second-order valence-electron chi connectivity index (χ2n) is 5.65. The Kier molecular flexibility index (Phi) is 5.22. The number of anilines is 1. The summed E-state index contributed by atoms with van der Waals surface area (Å²) in [5.41, 5.74) is 0.913. The number of hydrogen-bond acceptors (Lipinski definition) is 5. The van der Waals surface area contributed by atoms with Crippen LogP contribution in [0.15, 0.2) is 59.1 Å². The molecule has 5 nitrogen and oxygen atoms in total. The molecule has 8 heteroatoms. The molecule has 0 unspecified atom stereocenters. The molecule has 136 valence electrons. The summed E-state index contributed by atoms with van der Waals surface area (Å²) in [6.45, 7) is 0.0450. The molecule has 0 spiro atoms. The van der Waals surface area contributed by atoms with Crippen LogP contribution >= 0.6 is 0 Å². The van der Waals surface area contributed by atoms with Crippen molar-refractivity contribution in [3.8, 4) is 0 Å². The molecule has 26 heavy (non-hydrogen) atoms. The van der Waals surface area contributed by atoms with Gasteiger partial charge in [0.1, 0.15) is 0 Å². The summed E-state index contributed by atoms with van der Waals surface area (Å²) in [6.07, 6.45) is -6.82. The van der Waals surface area contributed by atoms with Crippen molar-refractivity contribution in [2.45, 2.75) is 25.2 Å². The van der Waals surface area contributed by atoms with Crippen molar-refractivity contribution >= 4 is 5.69 Å². The minimum Gasteiger partial charge on any atom is -0.379 e. The number of rotatable bonds is 6. The van der Waals surface area contributed by atoms with Crippen molar-refractivity contribution in [3.63, 3.8) is 0 Å². The number of nitrogens with one attached hydrogen (secondary N) is 1. The third kappa shape index (κ3) is 4.40. The van der Waals surface area contributed by atoms with Gasteiger partial charge in [-0.3, -0.25) is 0 Å². The Labute approximate surface area is 147 Å². The maximum atomic E-state index is 12.8. The molecule has 0 saturated heterocycles. The van der Waals surface area contributed by atoms with Gasteiger partial charge in [-0.2, -0.15) is 18.2 Å². The summed E-state index contributed by atoms with van der Waals surface area (Å²) < 4.78 is 43.4. The Hall–Kier alpha value is -2.87. The summed E-state index contributed by atoms with van der Waals surface area (Å²) in [6, 6.07) is 15.2. The molecule has 0 saturated carbocycles. The lowest BCUT2D eigenvalue weighted by atomic mass is 10.1. The maximum Gasteiger partial charge on any atom is 0.418 e. The zero-order chi connectivity index (χ0) is 18.6. The van der Waals surface area contributed by atoms with Gasteiger partial charge in [-0.15, -0.1) is 0 Å². The number of aliphatic hydroxyl groups is 1. The second kappa shape index (κ2) is 7.57. The van der Waals surface area contributed by atoms with Gasteiger partial charge in [-0.25, -0.2) is 0 Å². The van der Waals surface area contributed by atoms with E-state index in [9.17, 15) is 18.3 Å². The number of aliphatic hydroxyl groups excluding tert-OH is 1. The average Bonchev–Trinajstić information content (AvgIpc) is 3.07. The number of para-hydroxylation sites is 1. The Morgan fingerprint density at radius 3 is 2.46 bits per heavy atom. The van der Waals surface area contributed by atoms with E-state index in [4.69, 9.17) is 4.52 Å². The van der Waals surface area contributed by atoms with Crippen molar-refractivity contribution < 1.29 is 22.8 Å². The van der Waals surface area contributed by atoms with Crippen LogP contribution in [0.2, 0.25) is 0 Å². The first-order valence-corrected chi connectivity index (χ1v) is 7.86. The van der Waals surface area contributed by atoms with Crippen molar-refractivity contribution in [1.29, 1.82) is 0 Å². The molecule has 2 N–H and O–H groups in total. The Morgan fingerprint density at radius 1 is 1.04 bits per heavy atom. The number of aromatic nitrogens is 2. The van der Waals surface area contributed by atoms with Crippen LogP contribution in [0.4, 0.5) is 18.9 Å². The van der Waals surface area contributed by atoms with E-state index < -0.39 is 12.3 Å². The fourth-order valence-corrected chi connectivity index (χ4v) is 2.46. The van der Waals surface area contributed by atoms with Gasteiger partial charge in [0.2, 0.25) is 5.89 Å². The Balaban J connectivity index is 1.67. The van der Waals surface area contributed by atoms with Crippen LogP contribution < -0.4 is 5.32 Å². The van der Waals surface area contributed by atoms with Gasteiger partial charge in [0.15, 0.2) is 11.9 Å². The molecule has 1 atom stereocenters. The quantitative estimate of drug-likeness (QED) is 0.696. The highest BCUT2D eigenvalue weighted by atomic mass is 19.4. The lowest BCUT2D eigenvalue weighted by molar-refractivity contribution is -0.206. The number of alkyl halides is 3. The Bertz CT molecular complexity index is 850. The standard InChI is InChI=1S/C18H16F3N3O2/c19-18(20,21)17(25)13-8-4-5-9-14(13)22-11-16-23-15(24-26-16)10-12-6-2-1-3-7-12/h1-9,17,22,25H,10-11H2/t17-/m1/s1. The number of nitrogens with zero attached hydrogens (tertiary/aromatic N) is 2. The highest BCUT2D eigenvalue weighted by molar-refractivity contribution is 5.52. The van der Waals surface area contributed by atoms with Gasteiger partial charge in [0.25, 0.3) is 0 Å². The van der Waals surface area contributed by atoms with E-state index in [2.05, 4.69) is 15.5 Å². The summed E-state index contributed by atoms with van der Waals surface area (Å²) in [7, 11) is 0. The number of benzene rings is 2. The lowest BCUT2D eigenvalue weighted by Gasteiger charge is -2.18. The summed E-state index contributed by atoms with van der Waals surface area (Å²) in [5.74, 6) is 0.726. The van der Waals surface area contributed by atoms with Gasteiger partial charge in [-0.05, 0) is 11.6 Å². The normalized spacial score (nSPS) is 12.8. The number of halogens is 3. The number of hydrogen-bond donors (Lipinski definition) is 2. The average molecular weight is 363 g/mol. The van der Waals surface area contributed by atoms with E-state index in [1.807, 2.05) is 30.3 Å². The zero-order valence-electron chi connectivity index (χ0n) is 13.6. The van der Waals surface area contributed by atoms with Crippen LogP contribution in [0.5, 0.6) is 0 Å². The molecule has 2 aromatic carbocycles. The molecular formula is C18H16F3N3O2. The summed E-state index contributed by atoms with van der Waals surface area (Å²) in [4.78, 5) is 4.22. The predicted molar refractivity (Wildman–Crippen MR) is 88.3 cm³/mol. The largest absolute Gasteiger partial charge is 0.418 e. The van der Waals surface area contributed by atoms with Crippen LogP contribution in [0.3, 0.4) is 0 Å². The zero-order valence-corrected chi connectivity index (χ0v) is 13.6. The molecule has 0 aliphatic carbocycles.